The summed E-state index contributed by atoms with van der Waals surface area (Å²) in [4.78, 5) is 2.37. The number of nitrogens with zero attached hydrogens (tertiary/aromatic N) is 1. The maximum absolute atomic E-state index is 6.58. The molecule has 3 aromatic carbocycles. The van der Waals surface area contributed by atoms with Crippen molar-refractivity contribution in [3.8, 4) is 0 Å². The summed E-state index contributed by atoms with van der Waals surface area (Å²) < 4.78 is 25.0. The fraction of sp³-hybridized carbons (Fsp3) is 0.290. The van der Waals surface area contributed by atoms with Crippen molar-refractivity contribution in [1.29, 1.82) is 0 Å². The van der Waals surface area contributed by atoms with E-state index in [1.807, 2.05) is 66.7 Å². The van der Waals surface area contributed by atoms with Gasteiger partial charge in [0.05, 0.1) is 51.4 Å². The molecular formula is C31H33NO4. The SMILES string of the molecule is c1ccc(COC[C@H]2[C@@H](OCc3ccccc3)[C@@H](OCc3ccccc3)CN2Cc2ccco2)cc1. The van der Waals surface area contributed by atoms with Crippen molar-refractivity contribution in [3.63, 3.8) is 0 Å². The molecule has 0 spiro atoms. The van der Waals surface area contributed by atoms with Crippen LogP contribution in [-0.4, -0.2) is 36.3 Å². The zero-order valence-corrected chi connectivity index (χ0v) is 20.4. The van der Waals surface area contributed by atoms with Crippen molar-refractivity contribution in [1.82, 2.24) is 4.90 Å². The summed E-state index contributed by atoms with van der Waals surface area (Å²) in [5.41, 5.74) is 3.46. The van der Waals surface area contributed by atoms with Crippen LogP contribution in [0.3, 0.4) is 0 Å². The number of likely N-dealkylation sites (tertiary alicyclic amines) is 1. The highest BCUT2D eigenvalue weighted by Crippen LogP contribution is 2.28. The molecule has 1 aliphatic heterocycles. The summed E-state index contributed by atoms with van der Waals surface area (Å²) in [7, 11) is 0. The highest BCUT2D eigenvalue weighted by atomic mass is 16.5. The van der Waals surface area contributed by atoms with Gasteiger partial charge in [-0.1, -0.05) is 91.0 Å². The molecule has 5 nitrogen and oxygen atoms in total. The summed E-state index contributed by atoms with van der Waals surface area (Å²) in [5.74, 6) is 0.925. The van der Waals surface area contributed by atoms with Crippen LogP contribution >= 0.6 is 0 Å². The van der Waals surface area contributed by atoms with Crippen LogP contribution in [0.5, 0.6) is 0 Å². The second-order valence-corrected chi connectivity index (χ2v) is 9.17. The minimum Gasteiger partial charge on any atom is -0.468 e. The fourth-order valence-electron chi connectivity index (χ4n) is 4.69. The van der Waals surface area contributed by atoms with E-state index in [0.717, 1.165) is 29.0 Å². The highest BCUT2D eigenvalue weighted by molar-refractivity contribution is 5.15. The Hall–Kier alpha value is -3.22. The van der Waals surface area contributed by atoms with Crippen LogP contribution < -0.4 is 0 Å². The van der Waals surface area contributed by atoms with Crippen molar-refractivity contribution in [2.75, 3.05) is 13.2 Å². The highest BCUT2D eigenvalue weighted by Gasteiger charge is 2.43. The number of ether oxygens (including phenoxy) is 3. The molecule has 5 heteroatoms. The molecule has 36 heavy (non-hydrogen) atoms. The lowest BCUT2D eigenvalue weighted by atomic mass is 10.1. The van der Waals surface area contributed by atoms with Gasteiger partial charge in [0, 0.05) is 6.54 Å². The number of rotatable bonds is 12. The zero-order valence-electron chi connectivity index (χ0n) is 20.4. The van der Waals surface area contributed by atoms with Gasteiger partial charge in [0.1, 0.15) is 11.9 Å². The van der Waals surface area contributed by atoms with Gasteiger partial charge in [0.15, 0.2) is 0 Å². The Balaban J connectivity index is 1.32. The van der Waals surface area contributed by atoms with Gasteiger partial charge in [-0.2, -0.15) is 0 Å². The van der Waals surface area contributed by atoms with Crippen molar-refractivity contribution in [3.05, 3.63) is 132 Å². The van der Waals surface area contributed by atoms with Crippen LogP contribution in [0.4, 0.5) is 0 Å². The Labute approximate surface area is 213 Å². The summed E-state index contributed by atoms with van der Waals surface area (Å²) in [6, 6.07) is 34.8. The van der Waals surface area contributed by atoms with Gasteiger partial charge >= 0.3 is 0 Å². The molecule has 0 aliphatic carbocycles. The first-order valence-electron chi connectivity index (χ1n) is 12.5. The summed E-state index contributed by atoms with van der Waals surface area (Å²) >= 11 is 0. The molecule has 1 saturated heterocycles. The quantitative estimate of drug-likeness (QED) is 0.253. The lowest BCUT2D eigenvalue weighted by molar-refractivity contribution is -0.0820. The van der Waals surface area contributed by atoms with Crippen molar-refractivity contribution in [2.24, 2.45) is 0 Å². The third-order valence-corrected chi connectivity index (χ3v) is 6.56. The van der Waals surface area contributed by atoms with Crippen molar-refractivity contribution in [2.45, 2.75) is 44.6 Å². The molecule has 1 aromatic heterocycles. The molecule has 0 bridgehead atoms. The number of benzene rings is 3. The predicted molar refractivity (Wildman–Crippen MR) is 139 cm³/mol. The Kier molecular flexibility index (Phi) is 8.60. The first kappa shape index (κ1) is 24.5. The molecule has 0 saturated carbocycles. The van der Waals surface area contributed by atoms with Crippen LogP contribution in [-0.2, 0) is 40.6 Å². The van der Waals surface area contributed by atoms with Gasteiger partial charge in [-0.25, -0.2) is 0 Å². The fourth-order valence-corrected chi connectivity index (χ4v) is 4.69. The number of furan rings is 1. The van der Waals surface area contributed by atoms with E-state index in [1.54, 1.807) is 6.26 Å². The van der Waals surface area contributed by atoms with E-state index in [4.69, 9.17) is 18.6 Å². The Morgan fingerprint density at radius 3 is 1.83 bits per heavy atom. The van der Waals surface area contributed by atoms with Gasteiger partial charge in [0.25, 0.3) is 0 Å². The average Bonchev–Trinajstić information content (AvgIpc) is 3.56. The monoisotopic (exact) mass is 483 g/mol. The predicted octanol–water partition coefficient (Wildman–Crippen LogP) is 5.85. The third-order valence-electron chi connectivity index (χ3n) is 6.56. The summed E-state index contributed by atoms with van der Waals surface area (Å²) in [6.07, 6.45) is 1.49. The van der Waals surface area contributed by atoms with Gasteiger partial charge in [-0.3, -0.25) is 4.90 Å². The second kappa shape index (κ2) is 12.7. The molecule has 0 amide bonds. The molecule has 186 valence electrons. The molecule has 5 rings (SSSR count). The average molecular weight is 484 g/mol. The van der Waals surface area contributed by atoms with E-state index in [-0.39, 0.29) is 18.2 Å². The minimum absolute atomic E-state index is 0.0308. The number of hydrogen-bond donors (Lipinski definition) is 0. The lowest BCUT2D eigenvalue weighted by Gasteiger charge is -2.28. The summed E-state index contributed by atoms with van der Waals surface area (Å²) in [6.45, 7) is 3.60. The normalized spacial score (nSPS) is 20.1. The minimum atomic E-state index is -0.139. The molecule has 2 heterocycles. The molecule has 3 atom stereocenters. The van der Waals surface area contributed by atoms with Gasteiger partial charge in [0.2, 0.25) is 0 Å². The summed E-state index contributed by atoms with van der Waals surface area (Å²) in [5, 5.41) is 0. The molecule has 1 fully saturated rings. The molecular weight excluding hydrogens is 450 g/mol. The van der Waals surface area contributed by atoms with Gasteiger partial charge in [-0.15, -0.1) is 0 Å². The van der Waals surface area contributed by atoms with Gasteiger partial charge in [-0.05, 0) is 28.8 Å². The van der Waals surface area contributed by atoms with E-state index in [9.17, 15) is 0 Å². The largest absolute Gasteiger partial charge is 0.468 e. The Morgan fingerprint density at radius 1 is 0.667 bits per heavy atom. The molecule has 4 aromatic rings. The van der Waals surface area contributed by atoms with Crippen LogP contribution in [0, 0.1) is 0 Å². The van der Waals surface area contributed by atoms with E-state index >= 15 is 0 Å². The van der Waals surface area contributed by atoms with Crippen molar-refractivity contribution < 1.29 is 18.6 Å². The first-order chi connectivity index (χ1) is 17.8. The molecule has 0 radical (unpaired) electrons. The van der Waals surface area contributed by atoms with Crippen molar-refractivity contribution >= 4 is 0 Å². The number of hydrogen-bond acceptors (Lipinski definition) is 5. The smallest absolute Gasteiger partial charge is 0.117 e. The molecule has 0 unspecified atom stereocenters. The van der Waals surface area contributed by atoms with E-state index in [1.165, 1.54) is 0 Å². The standard InChI is InChI=1S/C31H33NO4/c1-4-11-25(12-5-1)21-33-24-29-31(36-23-27-15-8-3-9-16-27)30(35-22-26-13-6-2-7-14-26)20-32(29)19-28-17-10-18-34-28/h1-18,29-31H,19-24H2/t29-,30-,31+/m0/s1. The zero-order chi connectivity index (χ0) is 24.4. The van der Waals surface area contributed by atoms with E-state index in [2.05, 4.69) is 41.3 Å². The second-order valence-electron chi connectivity index (χ2n) is 9.17. The van der Waals surface area contributed by atoms with Gasteiger partial charge < -0.3 is 18.6 Å². The first-order valence-corrected chi connectivity index (χ1v) is 12.5. The van der Waals surface area contributed by atoms with Crippen LogP contribution in [0.25, 0.3) is 0 Å². The maximum atomic E-state index is 6.58. The van der Waals surface area contributed by atoms with Crippen LogP contribution in [0.2, 0.25) is 0 Å². The lowest BCUT2D eigenvalue weighted by Crippen LogP contribution is -2.41. The molecule has 1 aliphatic rings. The third kappa shape index (κ3) is 6.71. The molecule has 0 N–H and O–H groups in total. The topological polar surface area (TPSA) is 44.1 Å². The van der Waals surface area contributed by atoms with E-state index in [0.29, 0.717) is 33.0 Å². The Bertz CT molecular complexity index is 1140. The Morgan fingerprint density at radius 2 is 1.25 bits per heavy atom. The van der Waals surface area contributed by atoms with Crippen LogP contribution in [0.1, 0.15) is 22.5 Å². The maximum Gasteiger partial charge on any atom is 0.117 e. The van der Waals surface area contributed by atoms with Crippen LogP contribution in [0.15, 0.2) is 114 Å². The van der Waals surface area contributed by atoms with E-state index < -0.39 is 0 Å².